The van der Waals surface area contributed by atoms with E-state index < -0.39 is 0 Å². The van der Waals surface area contributed by atoms with Crippen molar-refractivity contribution in [3.63, 3.8) is 0 Å². The zero-order valence-corrected chi connectivity index (χ0v) is 22.1. The van der Waals surface area contributed by atoms with Crippen LogP contribution in [0.1, 0.15) is 40.9 Å². The number of hydrogen-bond acceptors (Lipinski definition) is 6. The first kappa shape index (κ1) is 24.4. The zero-order valence-electron chi connectivity index (χ0n) is 21.3. The first-order valence-electron chi connectivity index (χ1n) is 12.9. The summed E-state index contributed by atoms with van der Waals surface area (Å²) in [5, 5.41) is 10.3. The van der Waals surface area contributed by atoms with Crippen LogP contribution in [0.15, 0.2) is 60.8 Å². The number of carbonyl (C=O) groups is 2. The molecular formula is C29H29N5O3S. The lowest BCUT2D eigenvalue weighted by Crippen LogP contribution is -2.50. The third-order valence-corrected chi connectivity index (χ3v) is 8.39. The average Bonchev–Trinajstić information content (AvgIpc) is 3.30. The van der Waals surface area contributed by atoms with Gasteiger partial charge in [0.1, 0.15) is 21.2 Å². The van der Waals surface area contributed by atoms with Crippen molar-refractivity contribution < 1.29 is 14.3 Å². The molecule has 0 spiro atoms. The number of carbonyl (C=O) groups excluding carboxylic acids is 2. The molecule has 2 unspecified atom stereocenters. The maximum atomic E-state index is 13.5. The summed E-state index contributed by atoms with van der Waals surface area (Å²) in [6, 6.07) is 17.0. The Kier molecular flexibility index (Phi) is 6.47. The van der Waals surface area contributed by atoms with Crippen molar-refractivity contribution in [3.05, 3.63) is 71.2 Å². The molecule has 1 aliphatic heterocycles. The largest absolute Gasteiger partial charge is 0.457 e. The van der Waals surface area contributed by atoms with Crippen molar-refractivity contribution in [2.24, 2.45) is 0 Å². The van der Waals surface area contributed by atoms with Crippen LogP contribution >= 0.6 is 11.3 Å². The third kappa shape index (κ3) is 4.37. The molecule has 2 aliphatic rings. The summed E-state index contributed by atoms with van der Waals surface area (Å²) in [6.07, 6.45) is 5.90. The number of rotatable bonds is 6. The van der Waals surface area contributed by atoms with Crippen molar-refractivity contribution in [2.75, 3.05) is 17.3 Å². The fourth-order valence-corrected chi connectivity index (χ4v) is 6.46. The second kappa shape index (κ2) is 10.1. The molecule has 194 valence electrons. The van der Waals surface area contributed by atoms with Crippen LogP contribution in [-0.2, 0) is 0 Å². The van der Waals surface area contributed by atoms with Gasteiger partial charge in [-0.15, -0.1) is 11.3 Å². The SMILES string of the molecule is CNC1CCCCC1NC(=O)c1sc2nccc3c2c1NC(=O)N3c1ccc(Oc2ccccc2)cc1C. The molecule has 3 heterocycles. The number of nitrogens with zero attached hydrogens (tertiary/aromatic N) is 2. The molecule has 1 aliphatic carbocycles. The lowest BCUT2D eigenvalue weighted by Gasteiger charge is -2.32. The molecule has 2 atom stereocenters. The number of likely N-dealkylation sites (N-methyl/N-ethyl adjacent to an activating group) is 1. The highest BCUT2D eigenvalue weighted by Crippen LogP contribution is 2.46. The van der Waals surface area contributed by atoms with Crippen molar-refractivity contribution >= 4 is 50.6 Å². The Balaban J connectivity index is 1.33. The van der Waals surface area contributed by atoms with E-state index in [0.717, 1.165) is 48.1 Å². The van der Waals surface area contributed by atoms with Crippen LogP contribution in [0.5, 0.6) is 11.5 Å². The van der Waals surface area contributed by atoms with Gasteiger partial charge in [0.15, 0.2) is 0 Å². The number of aryl methyl sites for hydroxylation is 1. The van der Waals surface area contributed by atoms with Crippen LogP contribution < -0.4 is 25.6 Å². The van der Waals surface area contributed by atoms with Gasteiger partial charge in [-0.2, -0.15) is 0 Å². The van der Waals surface area contributed by atoms with E-state index in [2.05, 4.69) is 20.9 Å². The molecule has 3 N–H and O–H groups in total. The number of anilines is 3. The van der Waals surface area contributed by atoms with Gasteiger partial charge in [-0.25, -0.2) is 9.78 Å². The molecule has 0 radical (unpaired) electrons. The second-order valence-corrected chi connectivity index (χ2v) is 10.7. The molecule has 1 fully saturated rings. The van der Waals surface area contributed by atoms with Crippen molar-refractivity contribution in [3.8, 4) is 11.5 Å². The molecule has 2 aromatic heterocycles. The minimum Gasteiger partial charge on any atom is -0.457 e. The number of urea groups is 1. The van der Waals surface area contributed by atoms with E-state index >= 15 is 0 Å². The van der Waals surface area contributed by atoms with Crippen LogP contribution in [-0.4, -0.2) is 36.1 Å². The maximum absolute atomic E-state index is 13.5. The Morgan fingerprint density at radius 3 is 2.61 bits per heavy atom. The number of thiophene rings is 1. The summed E-state index contributed by atoms with van der Waals surface area (Å²) in [5.41, 5.74) is 2.85. The molecule has 9 heteroatoms. The van der Waals surface area contributed by atoms with E-state index in [1.54, 1.807) is 11.1 Å². The summed E-state index contributed by atoms with van der Waals surface area (Å²) in [7, 11) is 1.94. The summed E-state index contributed by atoms with van der Waals surface area (Å²) in [6.45, 7) is 1.95. The predicted molar refractivity (Wildman–Crippen MR) is 151 cm³/mol. The van der Waals surface area contributed by atoms with Crippen molar-refractivity contribution in [2.45, 2.75) is 44.7 Å². The van der Waals surface area contributed by atoms with E-state index in [-0.39, 0.29) is 24.0 Å². The molecule has 2 aromatic carbocycles. The van der Waals surface area contributed by atoms with E-state index in [1.807, 2.05) is 68.6 Å². The fourth-order valence-electron chi connectivity index (χ4n) is 5.43. The summed E-state index contributed by atoms with van der Waals surface area (Å²) in [4.78, 5) is 34.3. The minimum absolute atomic E-state index is 0.0566. The summed E-state index contributed by atoms with van der Waals surface area (Å²) in [5.74, 6) is 1.26. The molecule has 4 aromatic rings. The number of aromatic nitrogens is 1. The lowest BCUT2D eigenvalue weighted by atomic mass is 9.90. The molecule has 38 heavy (non-hydrogen) atoms. The standard InChI is InChI=1S/C29H29N5O3S/c1-17-16-19(37-18-8-4-3-5-9-18)12-13-22(17)34-23-14-15-31-28-24(23)25(33-29(34)36)26(38-28)27(35)32-21-11-7-6-10-20(21)30-2/h3-5,8-9,12-16,20-21,30H,6-7,10-11H2,1-2H3,(H,32,35)(H,33,36). The molecule has 8 nitrogen and oxygen atoms in total. The van der Waals surface area contributed by atoms with Gasteiger partial charge < -0.3 is 20.7 Å². The van der Waals surface area contributed by atoms with Crippen LogP contribution in [0, 0.1) is 6.92 Å². The molecule has 6 rings (SSSR count). The number of amides is 3. The zero-order chi connectivity index (χ0) is 26.2. The van der Waals surface area contributed by atoms with E-state index in [1.165, 1.54) is 11.3 Å². The van der Waals surface area contributed by atoms with Crippen molar-refractivity contribution in [1.82, 2.24) is 15.6 Å². The average molecular weight is 528 g/mol. The highest BCUT2D eigenvalue weighted by atomic mass is 32.1. The van der Waals surface area contributed by atoms with E-state index in [4.69, 9.17) is 4.74 Å². The Morgan fingerprint density at radius 1 is 1.05 bits per heavy atom. The number of hydrogen-bond donors (Lipinski definition) is 3. The highest BCUT2D eigenvalue weighted by Gasteiger charge is 2.34. The van der Waals surface area contributed by atoms with Crippen molar-refractivity contribution in [1.29, 1.82) is 0 Å². The molecule has 3 amide bonds. The monoisotopic (exact) mass is 527 g/mol. The molecular weight excluding hydrogens is 498 g/mol. The number of benzene rings is 2. The minimum atomic E-state index is -0.317. The molecule has 1 saturated carbocycles. The van der Waals surface area contributed by atoms with Crippen LogP contribution in [0.2, 0.25) is 0 Å². The Labute approximate surface area is 225 Å². The van der Waals surface area contributed by atoms with E-state index in [9.17, 15) is 9.59 Å². The normalized spacial score (nSPS) is 18.8. The fraction of sp³-hybridized carbons (Fsp3) is 0.276. The topological polar surface area (TPSA) is 95.6 Å². The van der Waals surface area contributed by atoms with Gasteiger partial charge in [0.05, 0.1) is 22.4 Å². The van der Waals surface area contributed by atoms with Crippen LogP contribution in [0.3, 0.4) is 0 Å². The first-order chi connectivity index (χ1) is 18.5. The molecule has 0 saturated heterocycles. The first-order valence-corrected chi connectivity index (χ1v) is 13.7. The van der Waals surface area contributed by atoms with Gasteiger partial charge in [0, 0.05) is 18.3 Å². The smallest absolute Gasteiger partial charge is 0.331 e. The quantitative estimate of drug-likeness (QED) is 0.272. The highest BCUT2D eigenvalue weighted by molar-refractivity contribution is 7.21. The predicted octanol–water partition coefficient (Wildman–Crippen LogP) is 6.34. The van der Waals surface area contributed by atoms with Gasteiger partial charge in [0.2, 0.25) is 0 Å². The maximum Gasteiger partial charge on any atom is 0.331 e. The summed E-state index contributed by atoms with van der Waals surface area (Å²) >= 11 is 1.31. The number of para-hydroxylation sites is 1. The van der Waals surface area contributed by atoms with Crippen LogP contribution in [0.4, 0.5) is 21.9 Å². The summed E-state index contributed by atoms with van der Waals surface area (Å²) < 4.78 is 5.97. The van der Waals surface area contributed by atoms with Gasteiger partial charge in [-0.1, -0.05) is 31.0 Å². The van der Waals surface area contributed by atoms with Crippen LogP contribution in [0.25, 0.3) is 10.2 Å². The lowest BCUT2D eigenvalue weighted by molar-refractivity contribution is 0.0921. The molecule has 0 bridgehead atoms. The second-order valence-electron chi connectivity index (χ2n) is 9.70. The third-order valence-electron chi connectivity index (χ3n) is 7.29. The van der Waals surface area contributed by atoms with Gasteiger partial charge in [-0.3, -0.25) is 9.69 Å². The van der Waals surface area contributed by atoms with Gasteiger partial charge in [-0.05, 0) is 68.8 Å². The Bertz CT molecular complexity index is 1520. The Morgan fingerprint density at radius 2 is 1.84 bits per heavy atom. The van der Waals surface area contributed by atoms with Gasteiger partial charge >= 0.3 is 6.03 Å². The number of nitrogens with one attached hydrogen (secondary N) is 3. The van der Waals surface area contributed by atoms with Gasteiger partial charge in [0.25, 0.3) is 5.91 Å². The number of pyridine rings is 1. The van der Waals surface area contributed by atoms with E-state index in [0.29, 0.717) is 26.8 Å². The Hall–Kier alpha value is -3.95. The number of ether oxygens (including phenoxy) is 1.